The van der Waals surface area contributed by atoms with E-state index >= 15 is 0 Å². The Labute approximate surface area is 118 Å². The van der Waals surface area contributed by atoms with Crippen molar-refractivity contribution < 1.29 is 19.1 Å². The lowest BCUT2D eigenvalue weighted by Crippen LogP contribution is -2.32. The highest BCUT2D eigenvalue weighted by Gasteiger charge is 2.06. The smallest absolute Gasteiger partial charge is 0.338 e. The molecule has 20 heavy (non-hydrogen) atoms. The molecule has 0 aliphatic heterocycles. The van der Waals surface area contributed by atoms with E-state index in [9.17, 15) is 9.59 Å². The molecule has 110 valence electrons. The Morgan fingerprint density at radius 3 is 2.50 bits per heavy atom. The number of ether oxygens (including phenoxy) is 2. The lowest BCUT2D eigenvalue weighted by atomic mass is 10.2. The predicted octanol–water partition coefficient (Wildman–Crippen LogP) is 1.04. The molecular formula is C14H20N2O4. The molecule has 0 aromatic heterocycles. The number of hydrogen-bond acceptors (Lipinski definition) is 5. The fourth-order valence-corrected chi connectivity index (χ4v) is 1.48. The van der Waals surface area contributed by atoms with E-state index in [1.165, 1.54) is 0 Å². The molecule has 1 amide bonds. The summed E-state index contributed by atoms with van der Waals surface area (Å²) in [5.41, 5.74) is 1.25. The molecule has 0 saturated carbocycles. The van der Waals surface area contributed by atoms with E-state index in [0.717, 1.165) is 5.69 Å². The molecule has 0 radical (unpaired) electrons. The first-order chi connectivity index (χ1) is 9.67. The summed E-state index contributed by atoms with van der Waals surface area (Å²) in [6.45, 7) is 3.25. The van der Waals surface area contributed by atoms with Crippen LogP contribution in [0.5, 0.6) is 0 Å². The molecule has 0 unspecified atom stereocenters. The van der Waals surface area contributed by atoms with E-state index < -0.39 is 0 Å². The van der Waals surface area contributed by atoms with Crippen molar-refractivity contribution in [1.82, 2.24) is 5.32 Å². The van der Waals surface area contributed by atoms with Crippen molar-refractivity contribution in [1.29, 1.82) is 0 Å². The van der Waals surface area contributed by atoms with Crippen LogP contribution in [0.4, 0.5) is 5.69 Å². The number of amides is 1. The zero-order valence-corrected chi connectivity index (χ0v) is 11.8. The Balaban J connectivity index is 2.38. The normalized spacial score (nSPS) is 9.90. The maximum absolute atomic E-state index is 11.5. The molecule has 6 heteroatoms. The molecule has 0 bridgehead atoms. The van der Waals surface area contributed by atoms with Crippen LogP contribution in [-0.4, -0.2) is 45.3 Å². The highest BCUT2D eigenvalue weighted by Crippen LogP contribution is 2.10. The van der Waals surface area contributed by atoms with Crippen LogP contribution in [0, 0.1) is 0 Å². The molecule has 0 aliphatic rings. The Bertz CT molecular complexity index is 431. The number of anilines is 1. The first-order valence-electron chi connectivity index (χ1n) is 6.44. The number of rotatable bonds is 8. The molecule has 0 atom stereocenters. The van der Waals surface area contributed by atoms with Gasteiger partial charge in [0, 0.05) is 19.3 Å². The first kappa shape index (κ1) is 16.0. The van der Waals surface area contributed by atoms with Gasteiger partial charge in [0.25, 0.3) is 0 Å². The molecule has 1 aromatic rings. The number of hydrogen-bond donors (Lipinski definition) is 2. The SMILES string of the molecule is CCOC(=O)c1ccc(NCC(=O)NCCOC)cc1. The molecular weight excluding hydrogens is 260 g/mol. The van der Waals surface area contributed by atoms with Crippen molar-refractivity contribution in [3.8, 4) is 0 Å². The molecule has 0 heterocycles. The predicted molar refractivity (Wildman–Crippen MR) is 75.8 cm³/mol. The highest BCUT2D eigenvalue weighted by molar-refractivity contribution is 5.90. The van der Waals surface area contributed by atoms with Crippen LogP contribution in [0.15, 0.2) is 24.3 Å². The molecule has 0 aliphatic carbocycles. The van der Waals surface area contributed by atoms with Gasteiger partial charge in [-0.15, -0.1) is 0 Å². The van der Waals surface area contributed by atoms with Crippen molar-refractivity contribution in [3.63, 3.8) is 0 Å². The number of carbonyl (C=O) groups excluding carboxylic acids is 2. The third-order valence-corrected chi connectivity index (χ3v) is 2.48. The standard InChI is InChI=1S/C14H20N2O4/c1-3-20-14(18)11-4-6-12(7-5-11)16-10-13(17)15-8-9-19-2/h4-7,16H,3,8-10H2,1-2H3,(H,15,17). The average molecular weight is 280 g/mol. The van der Waals surface area contributed by atoms with Crippen LogP contribution in [-0.2, 0) is 14.3 Å². The highest BCUT2D eigenvalue weighted by atomic mass is 16.5. The topological polar surface area (TPSA) is 76.7 Å². The summed E-state index contributed by atoms with van der Waals surface area (Å²) in [6.07, 6.45) is 0. The van der Waals surface area contributed by atoms with E-state index in [2.05, 4.69) is 10.6 Å². The van der Waals surface area contributed by atoms with Gasteiger partial charge in [0.15, 0.2) is 0 Å². The van der Waals surface area contributed by atoms with E-state index in [4.69, 9.17) is 9.47 Å². The van der Waals surface area contributed by atoms with Crippen molar-refractivity contribution >= 4 is 17.6 Å². The summed E-state index contributed by atoms with van der Waals surface area (Å²) in [5, 5.41) is 5.66. The number of carbonyl (C=O) groups is 2. The Kier molecular flexibility index (Phi) is 7.13. The van der Waals surface area contributed by atoms with E-state index in [1.54, 1.807) is 38.3 Å². The summed E-state index contributed by atoms with van der Waals surface area (Å²) in [5.74, 6) is -0.465. The van der Waals surface area contributed by atoms with Crippen LogP contribution in [0.25, 0.3) is 0 Å². The van der Waals surface area contributed by atoms with Crippen molar-refractivity contribution in [2.45, 2.75) is 6.92 Å². The lowest BCUT2D eigenvalue weighted by molar-refractivity contribution is -0.119. The summed E-state index contributed by atoms with van der Waals surface area (Å²) in [7, 11) is 1.58. The Hall–Kier alpha value is -2.08. The van der Waals surface area contributed by atoms with Crippen LogP contribution in [0.2, 0.25) is 0 Å². The van der Waals surface area contributed by atoms with Gasteiger partial charge in [-0.3, -0.25) is 4.79 Å². The number of nitrogens with one attached hydrogen (secondary N) is 2. The number of benzene rings is 1. The molecule has 1 aromatic carbocycles. The van der Waals surface area contributed by atoms with Gasteiger partial charge in [-0.2, -0.15) is 0 Å². The lowest BCUT2D eigenvalue weighted by Gasteiger charge is -2.08. The van der Waals surface area contributed by atoms with E-state index in [0.29, 0.717) is 25.3 Å². The van der Waals surface area contributed by atoms with Crippen LogP contribution in [0.3, 0.4) is 0 Å². The van der Waals surface area contributed by atoms with Gasteiger partial charge in [-0.05, 0) is 31.2 Å². The molecule has 6 nitrogen and oxygen atoms in total. The van der Waals surface area contributed by atoms with Crippen molar-refractivity contribution in [2.75, 3.05) is 38.7 Å². The molecule has 0 saturated heterocycles. The van der Waals surface area contributed by atoms with Gasteiger partial charge in [0.1, 0.15) is 0 Å². The van der Waals surface area contributed by atoms with Crippen molar-refractivity contribution in [2.24, 2.45) is 0 Å². The third kappa shape index (κ3) is 5.71. The fourth-order valence-electron chi connectivity index (χ4n) is 1.48. The second kappa shape index (κ2) is 8.92. The summed E-state index contributed by atoms with van der Waals surface area (Å²) in [4.78, 5) is 22.9. The van der Waals surface area contributed by atoms with Crippen LogP contribution >= 0.6 is 0 Å². The Morgan fingerprint density at radius 1 is 1.20 bits per heavy atom. The van der Waals surface area contributed by atoms with Gasteiger partial charge in [0.05, 0.1) is 25.3 Å². The third-order valence-electron chi connectivity index (χ3n) is 2.48. The second-order valence-electron chi connectivity index (χ2n) is 3.99. The molecule has 0 spiro atoms. The average Bonchev–Trinajstić information content (AvgIpc) is 2.46. The molecule has 2 N–H and O–H groups in total. The zero-order chi connectivity index (χ0) is 14.8. The van der Waals surface area contributed by atoms with Crippen LogP contribution in [0.1, 0.15) is 17.3 Å². The maximum atomic E-state index is 11.5. The van der Waals surface area contributed by atoms with Gasteiger partial charge in [-0.1, -0.05) is 0 Å². The van der Waals surface area contributed by atoms with Crippen molar-refractivity contribution in [3.05, 3.63) is 29.8 Å². The fraction of sp³-hybridized carbons (Fsp3) is 0.429. The summed E-state index contributed by atoms with van der Waals surface area (Å²) in [6, 6.07) is 6.77. The monoisotopic (exact) mass is 280 g/mol. The quantitative estimate of drug-likeness (QED) is 0.549. The summed E-state index contributed by atoms with van der Waals surface area (Å²) >= 11 is 0. The molecule has 1 rings (SSSR count). The summed E-state index contributed by atoms with van der Waals surface area (Å²) < 4.78 is 9.72. The molecule has 0 fully saturated rings. The van der Waals surface area contributed by atoms with Gasteiger partial charge in [0.2, 0.25) is 5.91 Å². The second-order valence-corrected chi connectivity index (χ2v) is 3.99. The van der Waals surface area contributed by atoms with Gasteiger partial charge >= 0.3 is 5.97 Å². The Morgan fingerprint density at radius 2 is 1.90 bits per heavy atom. The zero-order valence-electron chi connectivity index (χ0n) is 11.8. The minimum absolute atomic E-state index is 0.114. The van der Waals surface area contributed by atoms with Gasteiger partial charge in [-0.25, -0.2) is 4.79 Å². The maximum Gasteiger partial charge on any atom is 0.338 e. The number of esters is 1. The number of methoxy groups -OCH3 is 1. The first-order valence-corrected chi connectivity index (χ1v) is 6.44. The van der Waals surface area contributed by atoms with Gasteiger partial charge < -0.3 is 20.1 Å². The van der Waals surface area contributed by atoms with E-state index in [1.807, 2.05) is 0 Å². The van der Waals surface area contributed by atoms with Crippen LogP contribution < -0.4 is 10.6 Å². The minimum atomic E-state index is -0.351. The van der Waals surface area contributed by atoms with E-state index in [-0.39, 0.29) is 18.4 Å². The largest absolute Gasteiger partial charge is 0.462 e. The minimum Gasteiger partial charge on any atom is -0.462 e.